The monoisotopic (exact) mass is 128 g/mol. The van der Waals surface area contributed by atoms with Gasteiger partial charge in [-0.3, -0.25) is 14.4 Å². The molecule has 0 bridgehead atoms. The fourth-order valence-electron chi connectivity index (χ4n) is 0.416. The van der Waals surface area contributed by atoms with E-state index in [-0.39, 0.29) is 12.9 Å². The van der Waals surface area contributed by atoms with Crippen molar-refractivity contribution in [2.24, 2.45) is 0 Å². The van der Waals surface area contributed by atoms with Crippen molar-refractivity contribution < 1.29 is 19.1 Å². The van der Waals surface area contributed by atoms with Gasteiger partial charge in [-0.05, 0) is 0 Å². The second kappa shape index (κ2) is 2.06. The molecule has 0 aliphatic carbocycles. The molecule has 0 aromatic rings. The van der Waals surface area contributed by atoms with Crippen LogP contribution < -0.4 is 0 Å². The minimum absolute atomic E-state index is 0.00398. The summed E-state index contributed by atoms with van der Waals surface area (Å²) < 4.78 is 4.46. The van der Waals surface area contributed by atoms with E-state index in [9.17, 15) is 14.4 Å². The van der Waals surface area contributed by atoms with E-state index in [0.717, 1.165) is 0 Å². The lowest BCUT2D eigenvalue weighted by Crippen LogP contribution is -2.20. The van der Waals surface area contributed by atoms with E-state index in [4.69, 9.17) is 0 Å². The summed E-state index contributed by atoms with van der Waals surface area (Å²) in [5.41, 5.74) is 0. The van der Waals surface area contributed by atoms with Crippen LogP contribution in [0.15, 0.2) is 0 Å². The van der Waals surface area contributed by atoms with Crippen molar-refractivity contribution >= 4 is 17.9 Å². The van der Waals surface area contributed by atoms with Crippen molar-refractivity contribution in [3.05, 3.63) is 0 Å². The highest BCUT2D eigenvalue weighted by Crippen LogP contribution is 2.09. The Balaban J connectivity index is 2.50. The summed E-state index contributed by atoms with van der Waals surface area (Å²) in [6, 6.07) is 0. The fraction of sp³-hybridized carbons (Fsp3) is 0.400. The second-order valence-electron chi connectivity index (χ2n) is 1.67. The Morgan fingerprint density at radius 1 is 1.56 bits per heavy atom. The number of carbonyl (C=O) groups is 3. The molecule has 48 valence electrons. The number of Topliss-reactive ketones (excluding diaryl/α,β-unsaturated/α-hetero) is 2. The Morgan fingerprint density at radius 3 is 2.44 bits per heavy atom. The van der Waals surface area contributed by atoms with Gasteiger partial charge in [-0.25, -0.2) is 0 Å². The molecule has 1 atom stereocenters. The summed E-state index contributed by atoms with van der Waals surface area (Å²) >= 11 is 0. The lowest BCUT2D eigenvalue weighted by atomic mass is 10.2. The lowest BCUT2D eigenvalue weighted by molar-refractivity contribution is -0.140. The molecule has 1 saturated heterocycles. The van der Waals surface area contributed by atoms with E-state index >= 15 is 0 Å². The normalized spacial score (nSPS) is 22.9. The van der Waals surface area contributed by atoms with E-state index in [2.05, 4.69) is 4.74 Å². The number of hydrogen-bond donors (Lipinski definition) is 0. The molecule has 0 spiro atoms. The Bertz CT molecular complexity index is 168. The maximum Gasteiger partial charge on any atom is 0.263 e. The van der Waals surface area contributed by atoms with Gasteiger partial charge < -0.3 is 4.74 Å². The smallest absolute Gasteiger partial charge is 0.263 e. The van der Waals surface area contributed by atoms with Crippen LogP contribution in [0.5, 0.6) is 0 Å². The first-order valence-corrected chi connectivity index (χ1v) is 2.40. The van der Waals surface area contributed by atoms with Gasteiger partial charge in [0.05, 0.1) is 6.61 Å². The van der Waals surface area contributed by atoms with Crippen LogP contribution in [0.2, 0.25) is 0 Å². The van der Waals surface area contributed by atoms with Crippen molar-refractivity contribution in [3.8, 4) is 0 Å². The number of hydrogen-bond acceptors (Lipinski definition) is 4. The van der Waals surface area contributed by atoms with Crippen LogP contribution in [0.1, 0.15) is 0 Å². The van der Waals surface area contributed by atoms with Crippen LogP contribution in [0.4, 0.5) is 0 Å². The molecule has 0 aromatic heterocycles. The number of ketones is 2. The molecule has 0 amide bonds. The Hall–Kier alpha value is -1.03. The molecule has 4 nitrogen and oxygen atoms in total. The zero-order chi connectivity index (χ0) is 6.85. The third-order valence-electron chi connectivity index (χ3n) is 0.976. The van der Waals surface area contributed by atoms with Gasteiger partial charge in [0, 0.05) is 0 Å². The van der Waals surface area contributed by atoms with Gasteiger partial charge in [-0.15, -0.1) is 0 Å². The van der Waals surface area contributed by atoms with Crippen molar-refractivity contribution in [2.75, 3.05) is 6.61 Å². The van der Waals surface area contributed by atoms with Crippen LogP contribution in [0, 0.1) is 0 Å². The van der Waals surface area contributed by atoms with E-state index < -0.39 is 17.7 Å². The first-order chi connectivity index (χ1) is 4.25. The van der Waals surface area contributed by atoms with Crippen molar-refractivity contribution in [2.45, 2.75) is 6.10 Å². The van der Waals surface area contributed by atoms with E-state index in [1.54, 1.807) is 0 Å². The topological polar surface area (TPSA) is 63.7 Å². The molecule has 0 N–H and O–H groups in total. The van der Waals surface area contributed by atoms with E-state index in [0.29, 0.717) is 0 Å². The molecule has 9 heavy (non-hydrogen) atoms. The summed E-state index contributed by atoms with van der Waals surface area (Å²) in [4.78, 5) is 30.3. The molecule has 1 unspecified atom stereocenters. The van der Waals surface area contributed by atoms with Crippen molar-refractivity contribution in [1.29, 1.82) is 0 Å². The Kier molecular flexibility index (Phi) is 1.40. The molecule has 4 heteroatoms. The van der Waals surface area contributed by atoms with E-state index in [1.165, 1.54) is 0 Å². The SMILES string of the molecule is O=CC(=O)C(=O)C1CO1. The summed E-state index contributed by atoms with van der Waals surface area (Å²) in [6.07, 6.45) is -0.619. The number of ether oxygens (including phenoxy) is 1. The largest absolute Gasteiger partial charge is 0.364 e. The number of aldehydes is 1. The standard InChI is InChI=1S/C5H4O4/c6-1-3(7)5(8)4-2-9-4/h1,4H,2H2. The summed E-state index contributed by atoms with van der Waals surface area (Å²) in [6.45, 7) is 0.276. The average molecular weight is 128 g/mol. The Morgan fingerprint density at radius 2 is 2.11 bits per heavy atom. The summed E-state index contributed by atoms with van der Waals surface area (Å²) in [7, 11) is 0. The average Bonchev–Trinajstić information content (AvgIpc) is 2.66. The fourth-order valence-corrected chi connectivity index (χ4v) is 0.416. The van der Waals surface area contributed by atoms with Gasteiger partial charge in [0.2, 0.25) is 5.78 Å². The van der Waals surface area contributed by atoms with Crippen LogP contribution in [0.25, 0.3) is 0 Å². The highest BCUT2D eigenvalue weighted by molar-refractivity contribution is 6.59. The molecule has 1 fully saturated rings. The lowest BCUT2D eigenvalue weighted by Gasteiger charge is -1.81. The van der Waals surface area contributed by atoms with Gasteiger partial charge in [0.25, 0.3) is 5.78 Å². The molecule has 1 heterocycles. The maximum absolute atomic E-state index is 10.4. The quantitative estimate of drug-likeness (QED) is 0.205. The molecule has 0 saturated carbocycles. The molecule has 1 aliphatic heterocycles. The predicted octanol–water partition coefficient (Wildman–Crippen LogP) is -1.28. The maximum atomic E-state index is 10.4. The summed E-state index contributed by atoms with van der Waals surface area (Å²) in [5, 5.41) is 0. The zero-order valence-corrected chi connectivity index (χ0v) is 4.49. The first-order valence-electron chi connectivity index (χ1n) is 2.40. The highest BCUT2D eigenvalue weighted by Gasteiger charge is 2.35. The molecule has 1 rings (SSSR count). The molecular weight excluding hydrogens is 124 g/mol. The molecule has 1 aliphatic rings. The predicted molar refractivity (Wildman–Crippen MR) is 25.8 cm³/mol. The molecule has 0 aromatic carbocycles. The molecule has 0 radical (unpaired) electrons. The third kappa shape index (κ3) is 1.20. The first kappa shape index (κ1) is 6.10. The van der Waals surface area contributed by atoms with Crippen molar-refractivity contribution in [3.63, 3.8) is 0 Å². The highest BCUT2D eigenvalue weighted by atomic mass is 16.6. The minimum Gasteiger partial charge on any atom is -0.364 e. The van der Waals surface area contributed by atoms with Crippen LogP contribution in [0.3, 0.4) is 0 Å². The van der Waals surface area contributed by atoms with Gasteiger partial charge in [0.1, 0.15) is 6.10 Å². The van der Waals surface area contributed by atoms with Gasteiger partial charge in [-0.1, -0.05) is 0 Å². The van der Waals surface area contributed by atoms with Gasteiger partial charge >= 0.3 is 0 Å². The van der Waals surface area contributed by atoms with Crippen LogP contribution in [-0.2, 0) is 19.1 Å². The second-order valence-corrected chi connectivity index (χ2v) is 1.67. The number of carbonyl (C=O) groups excluding carboxylic acids is 3. The van der Waals surface area contributed by atoms with Crippen molar-refractivity contribution in [1.82, 2.24) is 0 Å². The van der Waals surface area contributed by atoms with Gasteiger partial charge in [-0.2, -0.15) is 0 Å². The Labute approximate surface area is 50.8 Å². The zero-order valence-electron chi connectivity index (χ0n) is 4.49. The minimum atomic E-state index is -1.00. The summed E-state index contributed by atoms with van der Waals surface area (Å²) in [5.74, 6) is -1.73. The third-order valence-corrected chi connectivity index (χ3v) is 0.976. The van der Waals surface area contributed by atoms with Crippen LogP contribution in [-0.4, -0.2) is 30.6 Å². The van der Waals surface area contributed by atoms with E-state index in [1.807, 2.05) is 0 Å². The molecular formula is C5H4O4. The van der Waals surface area contributed by atoms with Gasteiger partial charge in [0.15, 0.2) is 6.29 Å². The van der Waals surface area contributed by atoms with Crippen LogP contribution >= 0.6 is 0 Å². The number of epoxide rings is 1. The number of rotatable bonds is 3.